The Balaban J connectivity index is 2.89. The minimum Gasteiger partial charge on any atom is -0.468 e. The first kappa shape index (κ1) is 14.2. The van der Waals surface area contributed by atoms with Crippen molar-refractivity contribution < 1.29 is 14.3 Å². The van der Waals surface area contributed by atoms with Gasteiger partial charge in [0, 0.05) is 10.5 Å². The van der Waals surface area contributed by atoms with E-state index in [1.54, 1.807) is 0 Å². The molecule has 17 heavy (non-hydrogen) atoms. The van der Waals surface area contributed by atoms with Crippen LogP contribution in [0.15, 0.2) is 15.9 Å². The molecule has 94 valence electrons. The minimum absolute atomic E-state index is 0.0304. The van der Waals surface area contributed by atoms with Gasteiger partial charge in [0.05, 0.1) is 7.11 Å². The van der Waals surface area contributed by atoms with E-state index >= 15 is 0 Å². The number of hydrogen-bond donors (Lipinski definition) is 0. The highest BCUT2D eigenvalue weighted by Crippen LogP contribution is 2.24. The summed E-state index contributed by atoms with van der Waals surface area (Å²) in [4.78, 5) is 25.6. The first-order chi connectivity index (χ1) is 7.97. The van der Waals surface area contributed by atoms with Crippen molar-refractivity contribution in [1.82, 2.24) is 4.90 Å². The van der Waals surface area contributed by atoms with E-state index in [0.717, 1.165) is 4.47 Å². The summed E-state index contributed by atoms with van der Waals surface area (Å²) in [5, 5.41) is 1.83. The molecule has 0 saturated heterocycles. The second-order valence-corrected chi connectivity index (χ2v) is 5.47. The molecule has 0 spiro atoms. The predicted octanol–water partition coefficient (Wildman–Crippen LogP) is 2.53. The predicted molar refractivity (Wildman–Crippen MR) is 70.2 cm³/mol. The Morgan fingerprint density at radius 1 is 1.53 bits per heavy atom. The fraction of sp³-hybridized carbons (Fsp3) is 0.455. The van der Waals surface area contributed by atoms with Gasteiger partial charge in [0.1, 0.15) is 11.4 Å². The van der Waals surface area contributed by atoms with Crippen molar-refractivity contribution in [1.29, 1.82) is 0 Å². The molecule has 1 aromatic rings. The summed E-state index contributed by atoms with van der Waals surface area (Å²) >= 11 is 4.66. The van der Waals surface area contributed by atoms with Crippen molar-refractivity contribution in [2.45, 2.75) is 19.9 Å². The summed E-state index contributed by atoms with van der Waals surface area (Å²) < 4.78 is 5.34. The Morgan fingerprint density at radius 3 is 2.59 bits per heavy atom. The summed E-state index contributed by atoms with van der Waals surface area (Å²) in [6.45, 7) is 3.70. The summed E-state index contributed by atoms with van der Waals surface area (Å²) in [6.07, 6.45) is 0. The smallest absolute Gasteiger partial charge is 0.325 e. The molecule has 0 aromatic carbocycles. The molecule has 0 saturated carbocycles. The zero-order chi connectivity index (χ0) is 13.0. The van der Waals surface area contributed by atoms with E-state index in [4.69, 9.17) is 0 Å². The molecule has 0 aliphatic heterocycles. The molecule has 1 heterocycles. The van der Waals surface area contributed by atoms with Crippen LogP contribution in [0.2, 0.25) is 0 Å². The van der Waals surface area contributed by atoms with Crippen molar-refractivity contribution >= 4 is 39.1 Å². The Morgan fingerprint density at radius 2 is 2.18 bits per heavy atom. The number of rotatable bonds is 4. The van der Waals surface area contributed by atoms with Crippen LogP contribution in [-0.2, 0) is 9.53 Å². The van der Waals surface area contributed by atoms with Gasteiger partial charge < -0.3 is 9.64 Å². The van der Waals surface area contributed by atoms with Crippen LogP contribution in [0.25, 0.3) is 0 Å². The zero-order valence-corrected chi connectivity index (χ0v) is 12.3. The lowest BCUT2D eigenvalue weighted by Gasteiger charge is -2.25. The normalized spacial score (nSPS) is 10.4. The third-order valence-electron chi connectivity index (χ3n) is 2.22. The molecule has 0 aliphatic carbocycles. The van der Waals surface area contributed by atoms with E-state index in [0.29, 0.717) is 4.88 Å². The second-order valence-electron chi connectivity index (χ2n) is 3.70. The highest BCUT2D eigenvalue weighted by atomic mass is 79.9. The van der Waals surface area contributed by atoms with Gasteiger partial charge in [-0.2, -0.15) is 0 Å². The van der Waals surface area contributed by atoms with E-state index in [1.807, 2.05) is 25.3 Å². The standard InChI is InChI=1S/C11H14BrNO3S/c1-7(2)13(6-9(14)16-3)11(15)10-8(12)4-5-17-10/h4-5,7H,6H2,1-3H3. The van der Waals surface area contributed by atoms with Gasteiger partial charge in [0.2, 0.25) is 0 Å². The summed E-state index contributed by atoms with van der Waals surface area (Å²) in [7, 11) is 1.31. The SMILES string of the molecule is COC(=O)CN(C(=O)c1sccc1Br)C(C)C. The number of thiophene rings is 1. The van der Waals surface area contributed by atoms with Gasteiger partial charge in [0.25, 0.3) is 5.91 Å². The molecule has 4 nitrogen and oxygen atoms in total. The van der Waals surface area contributed by atoms with Gasteiger partial charge in [-0.05, 0) is 41.2 Å². The first-order valence-electron chi connectivity index (χ1n) is 5.08. The highest BCUT2D eigenvalue weighted by molar-refractivity contribution is 9.10. The molecule has 1 rings (SSSR count). The maximum atomic E-state index is 12.2. The Kier molecular flexibility index (Phi) is 5.14. The Hall–Kier alpha value is -0.880. The van der Waals surface area contributed by atoms with Gasteiger partial charge in [-0.25, -0.2) is 0 Å². The monoisotopic (exact) mass is 319 g/mol. The molecule has 1 amide bonds. The highest BCUT2D eigenvalue weighted by Gasteiger charge is 2.24. The number of hydrogen-bond acceptors (Lipinski definition) is 4. The molecule has 0 fully saturated rings. The maximum absolute atomic E-state index is 12.2. The number of esters is 1. The van der Waals surface area contributed by atoms with Crippen molar-refractivity contribution in [3.63, 3.8) is 0 Å². The molecule has 0 unspecified atom stereocenters. The number of methoxy groups -OCH3 is 1. The van der Waals surface area contributed by atoms with Crippen LogP contribution >= 0.6 is 27.3 Å². The lowest BCUT2D eigenvalue weighted by atomic mass is 10.3. The number of carbonyl (C=O) groups is 2. The largest absolute Gasteiger partial charge is 0.468 e. The number of amides is 1. The van der Waals surface area contributed by atoms with Crippen LogP contribution in [0.4, 0.5) is 0 Å². The number of halogens is 1. The van der Waals surface area contributed by atoms with Crippen molar-refractivity contribution in [3.8, 4) is 0 Å². The number of ether oxygens (including phenoxy) is 1. The van der Waals surface area contributed by atoms with Crippen LogP contribution in [0.5, 0.6) is 0 Å². The van der Waals surface area contributed by atoms with Crippen LogP contribution in [0, 0.1) is 0 Å². The average Bonchev–Trinajstić information content (AvgIpc) is 2.70. The maximum Gasteiger partial charge on any atom is 0.325 e. The summed E-state index contributed by atoms with van der Waals surface area (Å²) in [6, 6.07) is 1.75. The molecule has 6 heteroatoms. The van der Waals surface area contributed by atoms with Crippen molar-refractivity contribution in [3.05, 3.63) is 20.8 Å². The van der Waals surface area contributed by atoms with E-state index in [1.165, 1.54) is 23.3 Å². The van der Waals surface area contributed by atoms with Gasteiger partial charge in [-0.1, -0.05) is 0 Å². The zero-order valence-electron chi connectivity index (χ0n) is 9.90. The third kappa shape index (κ3) is 3.54. The van der Waals surface area contributed by atoms with Gasteiger partial charge >= 0.3 is 5.97 Å². The molecule has 0 N–H and O–H groups in total. The fourth-order valence-electron chi connectivity index (χ4n) is 1.27. The van der Waals surface area contributed by atoms with Crippen LogP contribution < -0.4 is 0 Å². The van der Waals surface area contributed by atoms with Gasteiger partial charge in [-0.15, -0.1) is 11.3 Å². The van der Waals surface area contributed by atoms with Crippen molar-refractivity contribution in [2.75, 3.05) is 13.7 Å². The lowest BCUT2D eigenvalue weighted by molar-refractivity contribution is -0.141. The van der Waals surface area contributed by atoms with E-state index in [2.05, 4.69) is 20.7 Å². The molecule has 0 atom stereocenters. The third-order valence-corrected chi connectivity index (χ3v) is 4.05. The minimum atomic E-state index is -0.417. The number of carbonyl (C=O) groups excluding carboxylic acids is 2. The molecular formula is C11H14BrNO3S. The average molecular weight is 320 g/mol. The topological polar surface area (TPSA) is 46.6 Å². The summed E-state index contributed by atoms with van der Waals surface area (Å²) in [5.74, 6) is -0.577. The van der Waals surface area contributed by atoms with Crippen LogP contribution in [-0.4, -0.2) is 36.5 Å². The Labute approximate surface area is 113 Å². The quantitative estimate of drug-likeness (QED) is 0.801. The van der Waals surface area contributed by atoms with Crippen LogP contribution in [0.3, 0.4) is 0 Å². The Bertz CT molecular complexity index is 417. The molecule has 0 aliphatic rings. The number of nitrogens with zero attached hydrogens (tertiary/aromatic N) is 1. The molecule has 1 aromatic heterocycles. The second kappa shape index (κ2) is 6.16. The summed E-state index contributed by atoms with van der Waals surface area (Å²) in [5.41, 5.74) is 0. The lowest BCUT2D eigenvalue weighted by Crippen LogP contribution is -2.40. The molecule has 0 bridgehead atoms. The fourth-order valence-corrected chi connectivity index (χ4v) is 2.77. The van der Waals surface area contributed by atoms with E-state index < -0.39 is 5.97 Å². The van der Waals surface area contributed by atoms with E-state index in [-0.39, 0.29) is 18.5 Å². The van der Waals surface area contributed by atoms with Crippen molar-refractivity contribution in [2.24, 2.45) is 0 Å². The van der Waals surface area contributed by atoms with Crippen LogP contribution in [0.1, 0.15) is 23.5 Å². The molecule has 0 radical (unpaired) electrons. The first-order valence-corrected chi connectivity index (χ1v) is 6.75. The van der Waals surface area contributed by atoms with E-state index in [9.17, 15) is 9.59 Å². The van der Waals surface area contributed by atoms with Gasteiger partial charge in [0.15, 0.2) is 0 Å². The molecular weight excluding hydrogens is 306 g/mol. The van der Waals surface area contributed by atoms with Gasteiger partial charge in [-0.3, -0.25) is 9.59 Å².